The third-order valence-corrected chi connectivity index (χ3v) is 6.63. The molecule has 3 aromatic carbocycles. The molecule has 0 atom stereocenters. The number of H-pyrrole nitrogens is 1. The Bertz CT molecular complexity index is 1390. The number of ether oxygens (including phenoxy) is 2. The van der Waals surface area contributed by atoms with Gasteiger partial charge in [-0.15, -0.1) is 0 Å². The maximum atomic E-state index is 12.6. The van der Waals surface area contributed by atoms with Gasteiger partial charge in [-0.25, -0.2) is 4.79 Å². The quantitative estimate of drug-likeness (QED) is 0.361. The predicted molar refractivity (Wildman–Crippen MR) is 140 cm³/mol. The lowest BCUT2D eigenvalue weighted by Gasteiger charge is -2.32. The van der Waals surface area contributed by atoms with E-state index in [4.69, 9.17) is 9.47 Å². The molecule has 0 bridgehead atoms. The largest absolute Gasteiger partial charge is 0.493 e. The zero-order valence-electron chi connectivity index (χ0n) is 20.2. The van der Waals surface area contributed by atoms with Gasteiger partial charge >= 0.3 is 5.69 Å². The third kappa shape index (κ3) is 5.03. The molecule has 1 N–H and O–H groups in total. The number of likely N-dealkylation sites (tertiary alicyclic amines) is 1. The van der Waals surface area contributed by atoms with Crippen molar-refractivity contribution in [1.82, 2.24) is 14.5 Å². The van der Waals surface area contributed by atoms with E-state index in [1.54, 1.807) is 7.11 Å². The number of benzene rings is 3. The van der Waals surface area contributed by atoms with Crippen molar-refractivity contribution in [2.45, 2.75) is 32.4 Å². The van der Waals surface area contributed by atoms with Gasteiger partial charge in [-0.3, -0.25) is 9.47 Å². The predicted octanol–water partition coefficient (Wildman–Crippen LogP) is 6.00. The highest BCUT2D eigenvalue weighted by Gasteiger charge is 2.23. The Morgan fingerprint density at radius 3 is 2.63 bits per heavy atom. The molecule has 6 nitrogen and oxygen atoms in total. The number of fused-ring (bicyclic) bond motifs is 1. The molecule has 35 heavy (non-hydrogen) atoms. The molecule has 6 heteroatoms. The monoisotopic (exact) mass is 469 g/mol. The van der Waals surface area contributed by atoms with Crippen LogP contribution in [-0.2, 0) is 6.54 Å². The number of nitrogens with zero attached hydrogens (tertiary/aromatic N) is 2. The zero-order chi connectivity index (χ0) is 24.2. The van der Waals surface area contributed by atoms with E-state index < -0.39 is 0 Å². The van der Waals surface area contributed by atoms with Crippen molar-refractivity contribution in [3.63, 3.8) is 0 Å². The molecular weight excluding hydrogens is 438 g/mol. The molecule has 4 aromatic rings. The van der Waals surface area contributed by atoms with Crippen LogP contribution in [0.3, 0.4) is 0 Å². The Morgan fingerprint density at radius 1 is 1.00 bits per heavy atom. The van der Waals surface area contributed by atoms with Crippen LogP contribution in [0.5, 0.6) is 17.2 Å². The minimum absolute atomic E-state index is 0.0105. The average Bonchev–Trinajstić information content (AvgIpc) is 3.21. The summed E-state index contributed by atoms with van der Waals surface area (Å²) in [5.41, 5.74) is 4.17. The first-order valence-electron chi connectivity index (χ1n) is 12.1. The van der Waals surface area contributed by atoms with Gasteiger partial charge < -0.3 is 14.5 Å². The summed E-state index contributed by atoms with van der Waals surface area (Å²) in [6.45, 7) is 4.74. The van der Waals surface area contributed by atoms with Crippen LogP contribution in [-0.4, -0.2) is 34.7 Å². The number of rotatable bonds is 7. The highest BCUT2D eigenvalue weighted by Crippen LogP contribution is 2.33. The summed E-state index contributed by atoms with van der Waals surface area (Å²) in [4.78, 5) is 18.0. The fourth-order valence-electron chi connectivity index (χ4n) is 4.93. The zero-order valence-corrected chi connectivity index (χ0v) is 20.2. The van der Waals surface area contributed by atoms with Crippen molar-refractivity contribution in [3.8, 4) is 17.2 Å². The third-order valence-electron chi connectivity index (χ3n) is 6.63. The summed E-state index contributed by atoms with van der Waals surface area (Å²) in [7, 11) is 1.66. The maximum absolute atomic E-state index is 12.6. The number of allylic oxidation sites excluding steroid dienone is 1. The van der Waals surface area contributed by atoms with E-state index in [9.17, 15) is 4.79 Å². The number of imidazole rings is 1. The summed E-state index contributed by atoms with van der Waals surface area (Å²) in [6, 6.07) is 22.3. The van der Waals surface area contributed by atoms with Crippen molar-refractivity contribution in [3.05, 3.63) is 94.4 Å². The highest BCUT2D eigenvalue weighted by atomic mass is 16.5. The van der Waals surface area contributed by atoms with Crippen LogP contribution >= 0.6 is 0 Å². The lowest BCUT2D eigenvalue weighted by Crippen LogP contribution is -2.36. The fraction of sp³-hybridized carbons (Fsp3) is 0.276. The molecule has 1 aliphatic rings. The normalized spacial score (nSPS) is 15.1. The number of piperidine rings is 1. The Kier molecular flexibility index (Phi) is 6.73. The number of aromatic amines is 1. The molecule has 2 heterocycles. The van der Waals surface area contributed by atoms with Gasteiger partial charge in [0.1, 0.15) is 5.75 Å². The lowest BCUT2D eigenvalue weighted by molar-refractivity contribution is 0.180. The maximum Gasteiger partial charge on any atom is 0.326 e. The molecule has 0 amide bonds. The molecule has 0 radical (unpaired) electrons. The van der Waals surface area contributed by atoms with Crippen molar-refractivity contribution in [1.29, 1.82) is 0 Å². The van der Waals surface area contributed by atoms with E-state index >= 15 is 0 Å². The first-order chi connectivity index (χ1) is 17.1. The second-order valence-corrected chi connectivity index (χ2v) is 8.98. The van der Waals surface area contributed by atoms with Crippen molar-refractivity contribution < 1.29 is 9.47 Å². The topological polar surface area (TPSA) is 59.5 Å². The lowest BCUT2D eigenvalue weighted by atomic mass is 10.0. The molecule has 5 rings (SSSR count). The van der Waals surface area contributed by atoms with Gasteiger partial charge in [0.15, 0.2) is 11.5 Å². The van der Waals surface area contributed by atoms with Crippen LogP contribution in [0.4, 0.5) is 0 Å². The van der Waals surface area contributed by atoms with E-state index in [1.807, 2.05) is 78.2 Å². The van der Waals surface area contributed by atoms with Gasteiger partial charge in [0.2, 0.25) is 0 Å². The van der Waals surface area contributed by atoms with Crippen LogP contribution < -0.4 is 15.2 Å². The smallest absolute Gasteiger partial charge is 0.326 e. The van der Waals surface area contributed by atoms with Crippen LogP contribution in [0.15, 0.2) is 77.6 Å². The Morgan fingerprint density at radius 2 is 1.83 bits per heavy atom. The van der Waals surface area contributed by atoms with Crippen LogP contribution in [0.25, 0.3) is 17.1 Å². The van der Waals surface area contributed by atoms with Crippen LogP contribution in [0.1, 0.15) is 36.9 Å². The minimum atomic E-state index is -0.0105. The number of aromatic nitrogens is 2. The van der Waals surface area contributed by atoms with Gasteiger partial charge in [0, 0.05) is 25.7 Å². The molecule has 1 aliphatic heterocycles. The Balaban J connectivity index is 1.24. The second-order valence-electron chi connectivity index (χ2n) is 8.98. The van der Waals surface area contributed by atoms with Crippen LogP contribution in [0, 0.1) is 0 Å². The van der Waals surface area contributed by atoms with Crippen molar-refractivity contribution >= 4 is 17.1 Å². The van der Waals surface area contributed by atoms with Gasteiger partial charge in [-0.05, 0) is 67.3 Å². The summed E-state index contributed by atoms with van der Waals surface area (Å²) in [5.74, 6) is 2.20. The second kappa shape index (κ2) is 10.2. The molecule has 1 fully saturated rings. The van der Waals surface area contributed by atoms with E-state index in [2.05, 4.69) is 22.0 Å². The summed E-state index contributed by atoms with van der Waals surface area (Å²) in [5, 5.41) is 0. The number of methoxy groups -OCH3 is 1. The van der Waals surface area contributed by atoms with E-state index in [0.717, 1.165) is 54.8 Å². The fourth-order valence-corrected chi connectivity index (χ4v) is 4.93. The molecule has 180 valence electrons. The van der Waals surface area contributed by atoms with Gasteiger partial charge in [-0.2, -0.15) is 0 Å². The van der Waals surface area contributed by atoms with Gasteiger partial charge in [-0.1, -0.05) is 42.5 Å². The molecule has 0 unspecified atom stereocenters. The molecule has 0 aliphatic carbocycles. The van der Waals surface area contributed by atoms with Crippen LogP contribution in [0.2, 0.25) is 0 Å². The van der Waals surface area contributed by atoms with Gasteiger partial charge in [0.25, 0.3) is 0 Å². The Hall–Kier alpha value is -3.77. The molecule has 0 saturated carbocycles. The highest BCUT2D eigenvalue weighted by molar-refractivity contribution is 5.75. The Labute approximate surface area is 205 Å². The summed E-state index contributed by atoms with van der Waals surface area (Å²) < 4.78 is 13.7. The van der Waals surface area contributed by atoms with Crippen molar-refractivity contribution in [2.24, 2.45) is 0 Å². The van der Waals surface area contributed by atoms with E-state index in [-0.39, 0.29) is 11.7 Å². The standard InChI is InChI=1S/C29H31N3O3/c1-3-7-21-12-13-27(28(19-21)34-2)35-24-9-6-8-22(18-24)20-31-16-14-23(15-17-31)32-26-11-5-4-10-25(26)30-29(32)33/h3-13,18-19,23H,14-17,20H2,1-2H3,(H,30,33). The first-order valence-corrected chi connectivity index (χ1v) is 12.1. The average molecular weight is 470 g/mol. The van der Waals surface area contributed by atoms with E-state index in [0.29, 0.717) is 11.5 Å². The number of hydrogen-bond acceptors (Lipinski definition) is 4. The summed E-state index contributed by atoms with van der Waals surface area (Å²) >= 11 is 0. The SMILES string of the molecule is CC=Cc1ccc(Oc2cccc(CN3CCC(n4c(=O)[nH]c5ccccc54)CC3)c2)c(OC)c1. The number of nitrogens with one attached hydrogen (secondary N) is 1. The minimum Gasteiger partial charge on any atom is -0.493 e. The van der Waals surface area contributed by atoms with Gasteiger partial charge in [0.05, 0.1) is 18.1 Å². The van der Waals surface area contributed by atoms with E-state index in [1.165, 1.54) is 5.56 Å². The number of para-hydroxylation sites is 2. The summed E-state index contributed by atoms with van der Waals surface area (Å²) in [6.07, 6.45) is 5.94. The molecule has 0 spiro atoms. The first kappa shape index (κ1) is 23.0. The number of hydrogen-bond donors (Lipinski definition) is 1. The molecule has 1 aromatic heterocycles. The molecular formula is C29H31N3O3. The molecule has 1 saturated heterocycles. The van der Waals surface area contributed by atoms with Crippen molar-refractivity contribution in [2.75, 3.05) is 20.2 Å².